The lowest BCUT2D eigenvalue weighted by Gasteiger charge is -2.28. The SMILES string of the molecule is CC/C=C\C/C=C\C/C=C\C/C=C\CCCCCCCCCCCCCCCCCCCCC(=O)OC(COC(=O)CCCCCCC/C=C\C/C=C\CCCCC)COP(=O)([O-])OCC[N+](C)(C)C. The van der Waals surface area contributed by atoms with E-state index in [4.69, 9.17) is 18.5 Å². The van der Waals surface area contributed by atoms with E-state index < -0.39 is 32.5 Å². The number of quaternary nitrogens is 1. The topological polar surface area (TPSA) is 111 Å². The first-order valence-corrected chi connectivity index (χ1v) is 30.1. The molecule has 0 spiro atoms. The fourth-order valence-corrected chi connectivity index (χ4v) is 8.52. The number of hydrogen-bond donors (Lipinski definition) is 0. The summed E-state index contributed by atoms with van der Waals surface area (Å²) in [5.41, 5.74) is 0. The highest BCUT2D eigenvalue weighted by Gasteiger charge is 2.21. The Kier molecular flexibility index (Phi) is 49.5. The largest absolute Gasteiger partial charge is 0.756 e. The summed E-state index contributed by atoms with van der Waals surface area (Å²) in [6, 6.07) is 0. The highest BCUT2D eigenvalue weighted by atomic mass is 31.2. The molecular weight excluding hydrogens is 894 g/mol. The molecule has 0 radical (unpaired) electrons. The Morgan fingerprint density at radius 2 is 0.814 bits per heavy atom. The number of likely N-dealkylation sites (N-methyl/N-ethyl adjacent to an activating group) is 1. The molecule has 0 heterocycles. The maximum absolute atomic E-state index is 12.8. The molecule has 0 fully saturated rings. The van der Waals surface area contributed by atoms with Crippen molar-refractivity contribution in [3.8, 4) is 0 Å². The third-order valence-corrected chi connectivity index (χ3v) is 13.2. The average molecular weight is 1000 g/mol. The zero-order valence-electron chi connectivity index (χ0n) is 46.0. The fraction of sp³-hybridized carbons (Fsp3) is 0.767. The van der Waals surface area contributed by atoms with E-state index in [2.05, 4.69) is 86.8 Å². The highest BCUT2D eigenvalue weighted by molar-refractivity contribution is 7.45. The van der Waals surface area contributed by atoms with E-state index in [1.807, 2.05) is 21.1 Å². The first-order valence-electron chi connectivity index (χ1n) is 28.6. The van der Waals surface area contributed by atoms with Crippen molar-refractivity contribution in [3.05, 3.63) is 72.9 Å². The molecule has 0 amide bonds. The van der Waals surface area contributed by atoms with Crippen molar-refractivity contribution >= 4 is 19.8 Å². The number of ether oxygens (including phenoxy) is 2. The van der Waals surface area contributed by atoms with Crippen LogP contribution in [0.25, 0.3) is 0 Å². The minimum Gasteiger partial charge on any atom is -0.756 e. The van der Waals surface area contributed by atoms with E-state index >= 15 is 0 Å². The fourth-order valence-electron chi connectivity index (χ4n) is 7.80. The van der Waals surface area contributed by atoms with Crippen LogP contribution >= 0.6 is 7.82 Å². The van der Waals surface area contributed by atoms with Crippen molar-refractivity contribution in [2.75, 3.05) is 47.5 Å². The summed E-state index contributed by atoms with van der Waals surface area (Å²) in [5.74, 6) is -0.845. The monoisotopic (exact) mass is 1000 g/mol. The van der Waals surface area contributed by atoms with Crippen LogP contribution in [0.2, 0.25) is 0 Å². The molecular formula is C60H108NO8P. The van der Waals surface area contributed by atoms with Gasteiger partial charge in [0.15, 0.2) is 6.10 Å². The summed E-state index contributed by atoms with van der Waals surface area (Å²) in [5, 5.41) is 0. The van der Waals surface area contributed by atoms with Crippen molar-refractivity contribution in [3.63, 3.8) is 0 Å². The first kappa shape index (κ1) is 67.5. The van der Waals surface area contributed by atoms with Crippen molar-refractivity contribution in [2.45, 2.75) is 251 Å². The number of unbranched alkanes of at least 4 members (excludes halogenated alkanes) is 26. The molecule has 70 heavy (non-hydrogen) atoms. The van der Waals surface area contributed by atoms with Crippen molar-refractivity contribution in [2.24, 2.45) is 0 Å². The summed E-state index contributed by atoms with van der Waals surface area (Å²) in [6.45, 7) is 4.09. The zero-order chi connectivity index (χ0) is 51.3. The van der Waals surface area contributed by atoms with Crippen LogP contribution in [-0.4, -0.2) is 70.0 Å². The van der Waals surface area contributed by atoms with Gasteiger partial charge in [-0.2, -0.15) is 0 Å². The predicted octanol–water partition coefficient (Wildman–Crippen LogP) is 17.1. The van der Waals surface area contributed by atoms with Crippen LogP contribution in [0.4, 0.5) is 0 Å². The smallest absolute Gasteiger partial charge is 0.306 e. The quantitative estimate of drug-likeness (QED) is 0.0195. The van der Waals surface area contributed by atoms with Gasteiger partial charge in [0.2, 0.25) is 0 Å². The van der Waals surface area contributed by atoms with Crippen LogP contribution in [-0.2, 0) is 32.7 Å². The van der Waals surface area contributed by atoms with Gasteiger partial charge in [0.05, 0.1) is 27.7 Å². The second-order valence-corrected chi connectivity index (χ2v) is 21.7. The molecule has 2 atom stereocenters. The summed E-state index contributed by atoms with van der Waals surface area (Å²) in [4.78, 5) is 37.8. The predicted molar refractivity (Wildman–Crippen MR) is 296 cm³/mol. The number of allylic oxidation sites excluding steroid dienone is 12. The Hall–Kier alpha value is -2.55. The van der Waals surface area contributed by atoms with E-state index in [1.54, 1.807) is 0 Å². The van der Waals surface area contributed by atoms with Gasteiger partial charge in [-0.15, -0.1) is 0 Å². The molecule has 0 saturated heterocycles. The molecule has 0 aliphatic heterocycles. The number of phosphoric ester groups is 1. The minimum atomic E-state index is -4.64. The number of carbonyl (C=O) groups is 2. The lowest BCUT2D eigenvalue weighted by atomic mass is 10.0. The number of carbonyl (C=O) groups excluding carboxylic acids is 2. The molecule has 406 valence electrons. The van der Waals surface area contributed by atoms with E-state index in [1.165, 1.54) is 122 Å². The molecule has 10 heteroatoms. The first-order chi connectivity index (χ1) is 34.0. The maximum atomic E-state index is 12.8. The Morgan fingerprint density at radius 1 is 0.457 bits per heavy atom. The van der Waals surface area contributed by atoms with Crippen LogP contribution < -0.4 is 4.89 Å². The van der Waals surface area contributed by atoms with Crippen molar-refractivity contribution in [1.82, 2.24) is 0 Å². The maximum Gasteiger partial charge on any atom is 0.306 e. The standard InChI is InChI=1S/C60H108NO8P/c1-6-8-10-12-14-16-18-20-22-23-24-25-26-27-28-29-30-31-32-33-34-35-36-37-39-41-43-45-47-49-51-53-60(63)69-58(57-68-70(64,65)67-55-54-61(3,4)5)56-66-59(62)52-50-48-46-44-42-40-38-21-19-17-15-13-11-9-7-2/h8,10,14-17,20-22,24-25,38,58H,6-7,9,11-13,18-19,23,26-37,39-57H2,1-5H3/b10-8-,16-14-,17-15-,22-20-,25-24-,38-21-. The summed E-state index contributed by atoms with van der Waals surface area (Å²) in [6.07, 6.45) is 66.7. The van der Waals surface area contributed by atoms with E-state index in [0.29, 0.717) is 23.9 Å². The van der Waals surface area contributed by atoms with Gasteiger partial charge in [-0.3, -0.25) is 14.2 Å². The number of esters is 2. The van der Waals surface area contributed by atoms with Gasteiger partial charge in [-0.25, -0.2) is 0 Å². The van der Waals surface area contributed by atoms with Crippen LogP contribution in [0.3, 0.4) is 0 Å². The van der Waals surface area contributed by atoms with E-state index in [-0.39, 0.29) is 26.1 Å². The summed E-state index contributed by atoms with van der Waals surface area (Å²) >= 11 is 0. The van der Waals surface area contributed by atoms with Gasteiger partial charge in [-0.1, -0.05) is 222 Å². The molecule has 0 aliphatic rings. The van der Waals surface area contributed by atoms with Gasteiger partial charge in [0.25, 0.3) is 7.82 Å². The van der Waals surface area contributed by atoms with Gasteiger partial charge in [0, 0.05) is 12.8 Å². The van der Waals surface area contributed by atoms with Crippen LogP contribution in [0.15, 0.2) is 72.9 Å². The third-order valence-electron chi connectivity index (χ3n) is 12.2. The zero-order valence-corrected chi connectivity index (χ0v) is 46.8. The van der Waals surface area contributed by atoms with Crippen molar-refractivity contribution in [1.29, 1.82) is 0 Å². The Balaban J connectivity index is 4.08. The minimum absolute atomic E-state index is 0.0343. The number of phosphoric acid groups is 1. The van der Waals surface area contributed by atoms with Crippen LogP contribution in [0.1, 0.15) is 245 Å². The third kappa shape index (κ3) is 54.8. The molecule has 0 aromatic carbocycles. The second-order valence-electron chi connectivity index (χ2n) is 20.3. The lowest BCUT2D eigenvalue weighted by Crippen LogP contribution is -2.37. The number of hydrogen-bond acceptors (Lipinski definition) is 8. The molecule has 0 bridgehead atoms. The summed E-state index contributed by atoms with van der Waals surface area (Å²) < 4.78 is 34.1. The molecule has 9 nitrogen and oxygen atoms in total. The number of nitrogens with zero attached hydrogens (tertiary/aromatic N) is 1. The Labute approximate surface area is 431 Å². The normalized spacial score (nSPS) is 13.9. The Morgan fingerprint density at radius 3 is 1.21 bits per heavy atom. The molecule has 2 unspecified atom stereocenters. The lowest BCUT2D eigenvalue weighted by molar-refractivity contribution is -0.870. The molecule has 0 aromatic heterocycles. The Bertz CT molecular complexity index is 1410. The molecule has 0 saturated carbocycles. The molecule has 0 aliphatic carbocycles. The average Bonchev–Trinajstić information content (AvgIpc) is 3.32. The summed E-state index contributed by atoms with van der Waals surface area (Å²) in [7, 11) is 1.16. The van der Waals surface area contributed by atoms with Gasteiger partial charge >= 0.3 is 11.9 Å². The second kappa shape index (κ2) is 51.4. The number of rotatable bonds is 52. The van der Waals surface area contributed by atoms with Gasteiger partial charge in [-0.05, 0) is 83.5 Å². The molecule has 0 aromatic rings. The van der Waals surface area contributed by atoms with Gasteiger partial charge in [0.1, 0.15) is 19.8 Å². The highest BCUT2D eigenvalue weighted by Crippen LogP contribution is 2.38. The van der Waals surface area contributed by atoms with E-state index in [0.717, 1.165) is 83.5 Å². The van der Waals surface area contributed by atoms with Crippen LogP contribution in [0, 0.1) is 0 Å². The molecule has 0 N–H and O–H groups in total. The van der Waals surface area contributed by atoms with E-state index in [9.17, 15) is 19.0 Å². The molecule has 0 rings (SSSR count). The van der Waals surface area contributed by atoms with Gasteiger partial charge < -0.3 is 27.9 Å². The van der Waals surface area contributed by atoms with Crippen molar-refractivity contribution < 1.29 is 42.1 Å². The van der Waals surface area contributed by atoms with Crippen LogP contribution in [0.5, 0.6) is 0 Å².